The molecule has 8 heterocycles. The van der Waals surface area contributed by atoms with Gasteiger partial charge in [-0.05, 0) is 81.0 Å². The Hall–Kier alpha value is -5.45. The van der Waals surface area contributed by atoms with Crippen LogP contribution in [-0.4, -0.2) is 157 Å². The minimum absolute atomic E-state index is 0.0564. The third-order valence-corrected chi connectivity index (χ3v) is 18.0. The molecule has 22 heteroatoms. The number of nitrogens with zero attached hydrogens (tertiary/aromatic N) is 12. The number of thiazole rings is 1. The molecule has 0 aliphatic carbocycles. The summed E-state index contributed by atoms with van der Waals surface area (Å²) in [6.07, 6.45) is 8.53. The van der Waals surface area contributed by atoms with Crippen molar-refractivity contribution >= 4 is 69.9 Å². The van der Waals surface area contributed by atoms with Crippen LogP contribution >= 0.6 is 34.7 Å². The number of aliphatic hydroxyl groups excluding tert-OH is 1. The Morgan fingerprint density at radius 3 is 2.34 bits per heavy atom. The summed E-state index contributed by atoms with van der Waals surface area (Å²) in [7, 11) is 0. The zero-order valence-electron chi connectivity index (χ0n) is 43.1. The van der Waals surface area contributed by atoms with E-state index in [2.05, 4.69) is 71.5 Å². The standard InChI is InChI=1S/C52H70ClN15O4S2/c1-32(2)44(68-28-33(3)61-62-68)51(72)67-29-38(69)26-40(67)48(70)59-39(35-6-8-36(9-7-35)45-34(4)58-31-73-45)13-17-63-22-24-66(25-23-63)50(71)37-11-18-65(19-12-37)47-43(53)41(10-16-56-47)74-49-46(55)60-42(27-57-49)64-20-14-52(5,30-54)15-21-64/h6-10,16,27-28,31-32,37-40,44,69H,11-15,17-26,29-30,54H2,1-5H3,(H2,55,60)(H,59,70)/t38-,39+,40+,44+/m1/s1. The number of rotatable bonds is 16. The van der Waals surface area contributed by atoms with E-state index in [1.54, 1.807) is 34.6 Å². The number of carbonyl (C=O) groups is 3. The van der Waals surface area contributed by atoms with Crippen LogP contribution in [0.2, 0.25) is 5.02 Å². The fourth-order valence-corrected chi connectivity index (χ4v) is 12.7. The Bertz CT molecular complexity index is 2750. The van der Waals surface area contributed by atoms with Gasteiger partial charge in [0, 0.05) is 95.1 Å². The second-order valence-electron chi connectivity index (χ2n) is 21.1. The lowest BCUT2D eigenvalue weighted by Gasteiger charge is -2.39. The number of aryl methyl sites for hydroxylation is 2. The van der Waals surface area contributed by atoms with Gasteiger partial charge < -0.3 is 41.5 Å². The Morgan fingerprint density at radius 2 is 1.70 bits per heavy atom. The Morgan fingerprint density at radius 1 is 0.973 bits per heavy atom. The van der Waals surface area contributed by atoms with Crippen LogP contribution in [0.3, 0.4) is 0 Å². The number of amides is 3. The number of aromatic nitrogens is 7. The highest BCUT2D eigenvalue weighted by atomic mass is 35.5. The van der Waals surface area contributed by atoms with Gasteiger partial charge in [-0.15, -0.1) is 16.4 Å². The fraction of sp³-hybridized carbons (Fsp3) is 0.558. The molecule has 6 N–H and O–H groups in total. The van der Waals surface area contributed by atoms with Gasteiger partial charge in [0.05, 0.1) is 45.1 Å². The van der Waals surface area contributed by atoms with Crippen LogP contribution in [0.15, 0.2) is 64.4 Å². The van der Waals surface area contributed by atoms with E-state index < -0.39 is 18.2 Å². The summed E-state index contributed by atoms with van der Waals surface area (Å²) in [5.41, 5.74) is 18.1. The quantitative estimate of drug-likeness (QED) is 0.0939. The van der Waals surface area contributed by atoms with Crippen molar-refractivity contribution in [2.45, 2.75) is 107 Å². The molecule has 74 heavy (non-hydrogen) atoms. The smallest absolute Gasteiger partial charge is 0.248 e. The van der Waals surface area contributed by atoms with Gasteiger partial charge in [0.1, 0.15) is 28.7 Å². The maximum absolute atomic E-state index is 14.4. The molecule has 0 bridgehead atoms. The summed E-state index contributed by atoms with van der Waals surface area (Å²) < 4.78 is 1.56. The highest BCUT2D eigenvalue weighted by Crippen LogP contribution is 2.41. The van der Waals surface area contributed by atoms with Crippen LogP contribution < -0.4 is 26.6 Å². The number of anilines is 3. The number of piperidine rings is 2. The molecule has 5 aromatic rings. The summed E-state index contributed by atoms with van der Waals surface area (Å²) in [6, 6.07) is 8.19. The van der Waals surface area contributed by atoms with Crippen LogP contribution in [0.5, 0.6) is 0 Å². The number of carbonyl (C=O) groups excluding carboxylic acids is 3. The van der Waals surface area contributed by atoms with Gasteiger partial charge >= 0.3 is 0 Å². The first-order chi connectivity index (χ1) is 35.6. The molecule has 396 valence electrons. The number of hydrogen-bond acceptors (Lipinski definition) is 17. The SMILES string of the molecule is Cc1cn([C@H](C(=O)N2C[C@H](O)C[C@H]2C(=O)N[C@@H](CCN2CCN(C(=O)C3CCN(c4nccc(Sc5ncc(N6CCC(C)(CN)CC6)nc5N)c4Cl)CC3)CC2)c2ccc(-c3scnc3C)cc2)C(C)C)nn1. The van der Waals surface area contributed by atoms with Crippen molar-refractivity contribution in [2.24, 2.45) is 23.0 Å². The number of benzene rings is 1. The highest BCUT2D eigenvalue weighted by Gasteiger charge is 2.43. The van der Waals surface area contributed by atoms with E-state index in [0.29, 0.717) is 99.0 Å². The van der Waals surface area contributed by atoms with Crippen molar-refractivity contribution in [3.63, 3.8) is 0 Å². The summed E-state index contributed by atoms with van der Waals surface area (Å²) in [4.78, 5) is 73.2. The summed E-state index contributed by atoms with van der Waals surface area (Å²) in [6.45, 7) is 17.0. The first-order valence-corrected chi connectivity index (χ1v) is 28.0. The monoisotopic (exact) mass is 1070 g/mol. The molecule has 0 radical (unpaired) electrons. The summed E-state index contributed by atoms with van der Waals surface area (Å²) >= 11 is 10.00. The van der Waals surface area contributed by atoms with Gasteiger partial charge in [0.15, 0.2) is 5.82 Å². The number of β-amino-alcohol motifs (C(OH)–C–C–N with tert-alkyl or cyclic N) is 1. The maximum atomic E-state index is 14.4. The maximum Gasteiger partial charge on any atom is 0.248 e. The van der Waals surface area contributed by atoms with E-state index >= 15 is 0 Å². The van der Waals surface area contributed by atoms with Crippen molar-refractivity contribution in [2.75, 3.05) is 87.5 Å². The molecule has 4 fully saturated rings. The number of piperazine rings is 1. The van der Waals surface area contributed by atoms with E-state index in [0.717, 1.165) is 58.3 Å². The van der Waals surface area contributed by atoms with E-state index in [1.807, 2.05) is 44.2 Å². The van der Waals surface area contributed by atoms with Gasteiger partial charge in [-0.25, -0.2) is 24.6 Å². The number of pyridine rings is 1. The van der Waals surface area contributed by atoms with E-state index in [9.17, 15) is 19.5 Å². The van der Waals surface area contributed by atoms with Gasteiger partial charge in [0.2, 0.25) is 17.7 Å². The molecule has 4 aromatic heterocycles. The molecule has 4 aliphatic rings. The van der Waals surface area contributed by atoms with Gasteiger partial charge in [-0.1, -0.05) is 73.6 Å². The van der Waals surface area contributed by atoms with Gasteiger partial charge in [-0.3, -0.25) is 19.3 Å². The van der Waals surface area contributed by atoms with Gasteiger partial charge in [0.25, 0.3) is 0 Å². The number of nitrogens with two attached hydrogens (primary N) is 2. The second-order valence-corrected chi connectivity index (χ2v) is 23.3. The number of nitrogens with one attached hydrogen (secondary N) is 1. The van der Waals surface area contributed by atoms with E-state index in [1.165, 1.54) is 16.7 Å². The van der Waals surface area contributed by atoms with Crippen molar-refractivity contribution < 1.29 is 19.5 Å². The van der Waals surface area contributed by atoms with Crippen LogP contribution in [0, 0.1) is 31.1 Å². The predicted molar refractivity (Wildman–Crippen MR) is 289 cm³/mol. The molecule has 0 spiro atoms. The van der Waals surface area contributed by atoms with Crippen LogP contribution in [0.4, 0.5) is 17.5 Å². The highest BCUT2D eigenvalue weighted by molar-refractivity contribution is 7.99. The predicted octanol–water partition coefficient (Wildman–Crippen LogP) is 5.62. The second kappa shape index (κ2) is 23.2. The number of halogens is 1. The first-order valence-electron chi connectivity index (χ1n) is 25.9. The van der Waals surface area contributed by atoms with Gasteiger partial charge in [-0.2, -0.15) is 0 Å². The normalized spacial score (nSPS) is 20.6. The number of likely N-dealkylation sites (tertiary alicyclic amines) is 1. The average molecular weight is 1070 g/mol. The molecule has 19 nitrogen and oxygen atoms in total. The van der Waals surface area contributed by atoms with E-state index in [-0.39, 0.29) is 54.0 Å². The number of nitrogen functional groups attached to an aromatic ring is 1. The zero-order chi connectivity index (χ0) is 52.3. The lowest BCUT2D eigenvalue weighted by Crippen LogP contribution is -2.52. The molecule has 0 unspecified atom stereocenters. The first kappa shape index (κ1) is 53.4. The van der Waals surface area contributed by atoms with Crippen molar-refractivity contribution in [3.8, 4) is 10.4 Å². The topological polar surface area (TPSA) is 234 Å². The van der Waals surface area contributed by atoms with E-state index in [4.69, 9.17) is 33.0 Å². The third kappa shape index (κ3) is 12.0. The third-order valence-electron chi connectivity index (χ3n) is 15.4. The summed E-state index contributed by atoms with van der Waals surface area (Å²) in [5.74, 6) is 1.17. The largest absolute Gasteiger partial charge is 0.391 e. The van der Waals surface area contributed by atoms with Crippen molar-refractivity contribution in [3.05, 3.63) is 76.4 Å². The zero-order valence-corrected chi connectivity index (χ0v) is 45.5. The summed E-state index contributed by atoms with van der Waals surface area (Å²) in [5, 5.41) is 23.6. The Kier molecular flexibility index (Phi) is 16.7. The minimum atomic E-state index is -0.854. The molecule has 1 aromatic carbocycles. The van der Waals surface area contributed by atoms with Crippen molar-refractivity contribution in [1.82, 2.24) is 54.9 Å². The molecule has 0 saturated carbocycles. The number of aliphatic hydroxyl groups is 1. The molecule has 4 saturated heterocycles. The molecule has 4 aliphatic heterocycles. The van der Waals surface area contributed by atoms with Crippen LogP contribution in [-0.2, 0) is 14.4 Å². The molecule has 3 amide bonds. The molecular formula is C52H70ClN15O4S2. The Balaban J connectivity index is 0.790. The lowest BCUT2D eigenvalue weighted by atomic mass is 9.80. The number of hydrogen-bond donors (Lipinski definition) is 4. The fourth-order valence-electron chi connectivity index (χ4n) is 10.7. The minimum Gasteiger partial charge on any atom is -0.391 e. The molecule has 9 rings (SSSR count). The van der Waals surface area contributed by atoms with Crippen LogP contribution in [0.1, 0.15) is 88.3 Å². The Labute approximate surface area is 446 Å². The molecule has 4 atom stereocenters. The lowest BCUT2D eigenvalue weighted by molar-refractivity contribution is -0.142. The van der Waals surface area contributed by atoms with Crippen molar-refractivity contribution in [1.29, 1.82) is 0 Å². The van der Waals surface area contributed by atoms with Crippen LogP contribution in [0.25, 0.3) is 10.4 Å². The average Bonchev–Trinajstić information content (AvgIpc) is 4.15. The molecular weight excluding hydrogens is 998 g/mol.